The van der Waals surface area contributed by atoms with Gasteiger partial charge in [-0.2, -0.15) is 0 Å². The quantitative estimate of drug-likeness (QED) is 0.712. The van der Waals surface area contributed by atoms with Crippen molar-refractivity contribution in [3.8, 4) is 17.2 Å². The summed E-state index contributed by atoms with van der Waals surface area (Å²) in [6, 6.07) is 3.92. The van der Waals surface area contributed by atoms with E-state index >= 15 is 0 Å². The monoisotopic (exact) mass is 356 g/mol. The van der Waals surface area contributed by atoms with Gasteiger partial charge in [0.15, 0.2) is 29.8 Å². The highest BCUT2D eigenvalue weighted by atomic mass is 16.8. The van der Waals surface area contributed by atoms with Crippen LogP contribution in [0.15, 0.2) is 24.0 Å². The van der Waals surface area contributed by atoms with Gasteiger partial charge in [-0.05, 0) is 24.3 Å². The van der Waals surface area contributed by atoms with Crippen LogP contribution in [0.25, 0.3) is 0 Å². The first-order chi connectivity index (χ1) is 12.6. The number of carbonyl (C=O) groups excluding carboxylic acids is 1. The van der Waals surface area contributed by atoms with Gasteiger partial charge in [0.2, 0.25) is 6.79 Å². The molecule has 1 unspecified atom stereocenters. The van der Waals surface area contributed by atoms with Crippen LogP contribution in [0.2, 0.25) is 0 Å². The van der Waals surface area contributed by atoms with Gasteiger partial charge >= 0.3 is 0 Å². The van der Waals surface area contributed by atoms with E-state index in [4.69, 9.17) is 23.7 Å². The molecule has 1 spiro atoms. The Balaban J connectivity index is 1.61. The second-order valence-electron chi connectivity index (χ2n) is 8.06. The fourth-order valence-corrected chi connectivity index (χ4v) is 5.55. The summed E-state index contributed by atoms with van der Waals surface area (Å²) in [5.41, 5.74) is 1.08. The Morgan fingerprint density at radius 2 is 1.85 bits per heavy atom. The SMILES string of the molecule is C[C@H]1[C@H](C)C[C@H]2C(=O)C=C3OCO[C@]34Oc3cc5c(cc3[C@H]1C24)OCO5. The van der Waals surface area contributed by atoms with Crippen LogP contribution in [0.4, 0.5) is 0 Å². The molecule has 1 aromatic rings. The summed E-state index contributed by atoms with van der Waals surface area (Å²) >= 11 is 0. The lowest BCUT2D eigenvalue weighted by atomic mass is 9.55. The van der Waals surface area contributed by atoms with Crippen molar-refractivity contribution in [2.45, 2.75) is 32.0 Å². The highest BCUT2D eigenvalue weighted by Crippen LogP contribution is 2.63. The molecule has 0 bridgehead atoms. The smallest absolute Gasteiger partial charge is 0.276 e. The number of ketones is 1. The minimum Gasteiger partial charge on any atom is -0.465 e. The third-order valence-corrected chi connectivity index (χ3v) is 6.94. The molecule has 136 valence electrons. The molecule has 1 saturated heterocycles. The van der Waals surface area contributed by atoms with Crippen LogP contribution in [0, 0.1) is 23.7 Å². The Morgan fingerprint density at radius 1 is 1.04 bits per heavy atom. The summed E-state index contributed by atoms with van der Waals surface area (Å²) in [4.78, 5) is 12.8. The van der Waals surface area contributed by atoms with Crippen LogP contribution in [0.3, 0.4) is 0 Å². The van der Waals surface area contributed by atoms with E-state index in [1.54, 1.807) is 6.08 Å². The molecule has 0 radical (unpaired) electrons. The molecule has 2 aliphatic carbocycles. The number of fused-ring (bicyclic) bond motifs is 3. The Labute approximate surface area is 151 Å². The lowest BCUT2D eigenvalue weighted by Gasteiger charge is -2.54. The van der Waals surface area contributed by atoms with Crippen LogP contribution < -0.4 is 14.2 Å². The van der Waals surface area contributed by atoms with Crippen LogP contribution in [0.1, 0.15) is 31.7 Å². The van der Waals surface area contributed by atoms with Crippen LogP contribution >= 0.6 is 0 Å². The van der Waals surface area contributed by atoms with Gasteiger partial charge in [0.25, 0.3) is 5.79 Å². The Morgan fingerprint density at radius 3 is 2.69 bits per heavy atom. The number of hydrogen-bond donors (Lipinski definition) is 0. The topological polar surface area (TPSA) is 63.2 Å². The van der Waals surface area contributed by atoms with Gasteiger partial charge in [-0.3, -0.25) is 9.53 Å². The second-order valence-corrected chi connectivity index (χ2v) is 8.06. The van der Waals surface area contributed by atoms with E-state index in [1.807, 2.05) is 12.1 Å². The average Bonchev–Trinajstić information content (AvgIpc) is 3.23. The standard InChI is InChI=1S/C20H20O6/c1-9-3-11-13(21)5-17-20(25-8-24-17)19(11)18(10(9)2)12-4-15-16(23-7-22-15)6-14(12)26-20/h4-6,9-11,18-19H,3,7-8H2,1-2H3/t9-,10+,11+,18+,19?,20+/m1/s1. The van der Waals surface area contributed by atoms with Crippen molar-refractivity contribution in [1.82, 2.24) is 0 Å². The number of carbonyl (C=O) groups is 1. The Hall–Kier alpha value is -2.21. The van der Waals surface area contributed by atoms with Gasteiger partial charge in [-0.25, -0.2) is 0 Å². The maximum Gasteiger partial charge on any atom is 0.276 e. The minimum atomic E-state index is -1.00. The molecule has 6 rings (SSSR count). The minimum absolute atomic E-state index is 0.0865. The molecule has 3 heterocycles. The van der Waals surface area contributed by atoms with Crippen LogP contribution in [-0.2, 0) is 14.3 Å². The summed E-state index contributed by atoms with van der Waals surface area (Å²) < 4.78 is 29.3. The van der Waals surface area contributed by atoms with Gasteiger partial charge in [-0.15, -0.1) is 0 Å². The first-order valence-electron chi connectivity index (χ1n) is 9.24. The highest BCUT2D eigenvalue weighted by Gasteiger charge is 2.66. The zero-order valence-corrected chi connectivity index (χ0v) is 14.7. The second kappa shape index (κ2) is 4.74. The van der Waals surface area contributed by atoms with Crippen molar-refractivity contribution in [1.29, 1.82) is 0 Å². The lowest BCUT2D eigenvalue weighted by molar-refractivity contribution is -0.212. The number of allylic oxidation sites excluding steroid dienone is 1. The predicted octanol–water partition coefficient (Wildman–Crippen LogP) is 2.97. The third kappa shape index (κ3) is 1.64. The first-order valence-corrected chi connectivity index (χ1v) is 9.24. The lowest BCUT2D eigenvalue weighted by Crippen LogP contribution is -2.60. The molecule has 6 nitrogen and oxygen atoms in total. The maximum absolute atomic E-state index is 12.8. The molecule has 2 fully saturated rings. The summed E-state index contributed by atoms with van der Waals surface area (Å²) in [5, 5.41) is 0. The fraction of sp³-hybridized carbons (Fsp3) is 0.550. The van der Waals surface area contributed by atoms with Crippen molar-refractivity contribution in [3.63, 3.8) is 0 Å². The van der Waals surface area contributed by atoms with Crippen LogP contribution in [0.5, 0.6) is 17.2 Å². The number of hydrogen-bond acceptors (Lipinski definition) is 6. The van der Waals surface area contributed by atoms with Crippen molar-refractivity contribution in [2.24, 2.45) is 23.7 Å². The summed E-state index contributed by atoms with van der Waals surface area (Å²) in [6.07, 6.45) is 2.44. The Kier molecular flexibility index (Phi) is 2.72. The molecule has 26 heavy (non-hydrogen) atoms. The number of ether oxygens (including phenoxy) is 5. The molecule has 0 aromatic heterocycles. The molecule has 1 saturated carbocycles. The zero-order chi connectivity index (χ0) is 17.6. The summed E-state index contributed by atoms with van der Waals surface area (Å²) in [5.74, 6) is 2.54. The van der Waals surface area contributed by atoms with E-state index in [-0.39, 0.29) is 37.1 Å². The van der Waals surface area contributed by atoms with Crippen LogP contribution in [-0.4, -0.2) is 25.2 Å². The summed E-state index contributed by atoms with van der Waals surface area (Å²) in [7, 11) is 0. The normalized spacial score (nSPS) is 41.4. The van der Waals surface area contributed by atoms with E-state index in [2.05, 4.69) is 13.8 Å². The molecule has 0 amide bonds. The van der Waals surface area contributed by atoms with Gasteiger partial charge in [0.1, 0.15) is 5.75 Å². The zero-order valence-electron chi connectivity index (χ0n) is 14.7. The highest BCUT2D eigenvalue weighted by molar-refractivity contribution is 5.94. The number of benzene rings is 1. The largest absolute Gasteiger partial charge is 0.465 e. The fourth-order valence-electron chi connectivity index (χ4n) is 5.55. The van der Waals surface area contributed by atoms with E-state index < -0.39 is 5.79 Å². The van der Waals surface area contributed by atoms with E-state index in [1.165, 1.54) is 0 Å². The number of rotatable bonds is 0. The Bertz CT molecular complexity index is 860. The van der Waals surface area contributed by atoms with E-state index in [0.29, 0.717) is 23.3 Å². The van der Waals surface area contributed by atoms with Gasteiger partial charge in [-0.1, -0.05) is 13.8 Å². The third-order valence-electron chi connectivity index (χ3n) is 6.94. The van der Waals surface area contributed by atoms with Gasteiger partial charge in [0, 0.05) is 35.5 Å². The molecule has 3 aliphatic heterocycles. The molecule has 1 aromatic carbocycles. The first kappa shape index (κ1) is 14.9. The maximum atomic E-state index is 12.8. The predicted molar refractivity (Wildman–Crippen MR) is 88.7 cm³/mol. The van der Waals surface area contributed by atoms with Gasteiger partial charge in [0.05, 0.1) is 0 Å². The van der Waals surface area contributed by atoms with E-state index in [0.717, 1.165) is 23.5 Å². The summed E-state index contributed by atoms with van der Waals surface area (Å²) in [6.45, 7) is 4.82. The van der Waals surface area contributed by atoms with E-state index in [9.17, 15) is 4.79 Å². The molecule has 6 atom stereocenters. The molecular formula is C20H20O6. The molecule has 0 N–H and O–H groups in total. The van der Waals surface area contributed by atoms with Gasteiger partial charge < -0.3 is 18.9 Å². The van der Waals surface area contributed by atoms with Crippen molar-refractivity contribution in [3.05, 3.63) is 29.5 Å². The van der Waals surface area contributed by atoms with Crippen molar-refractivity contribution < 1.29 is 28.5 Å². The molecule has 6 heteroatoms. The average molecular weight is 356 g/mol. The van der Waals surface area contributed by atoms with Crippen molar-refractivity contribution >= 4 is 5.78 Å². The molecular weight excluding hydrogens is 336 g/mol. The molecule has 5 aliphatic rings. The van der Waals surface area contributed by atoms with Crippen molar-refractivity contribution in [2.75, 3.05) is 13.6 Å².